The summed E-state index contributed by atoms with van der Waals surface area (Å²) >= 11 is 0. The highest BCUT2D eigenvalue weighted by Crippen LogP contribution is 2.28. The van der Waals surface area contributed by atoms with E-state index in [4.69, 9.17) is 0 Å². The van der Waals surface area contributed by atoms with Gasteiger partial charge in [-0.25, -0.2) is 9.67 Å². The third-order valence-corrected chi connectivity index (χ3v) is 3.05. The van der Waals surface area contributed by atoms with Crippen molar-refractivity contribution in [1.82, 2.24) is 19.3 Å². The van der Waals surface area contributed by atoms with Gasteiger partial charge in [0.05, 0.1) is 11.5 Å². The van der Waals surface area contributed by atoms with Crippen LogP contribution in [0.25, 0.3) is 0 Å². The Balaban J connectivity index is 2.28. The first-order chi connectivity index (χ1) is 9.54. The van der Waals surface area contributed by atoms with Crippen LogP contribution < -0.4 is 5.32 Å². The number of anilines is 1. The molecule has 0 amide bonds. The largest absolute Gasteiger partial charge is 0.357 e. The first kappa shape index (κ1) is 14.0. The summed E-state index contributed by atoms with van der Waals surface area (Å²) in [6.45, 7) is 4.71. The fourth-order valence-electron chi connectivity index (χ4n) is 2.07. The Morgan fingerprint density at radius 1 is 1.50 bits per heavy atom. The molecule has 0 radical (unpaired) electrons. The molecule has 0 aliphatic carbocycles. The average Bonchev–Trinajstić information content (AvgIpc) is 2.91. The standard InChI is InChI=1S/C12H18N6O2/c1-4-6-17-12(11(18(19)20)9(2)15-17)14-8-10-13-5-7-16(10)3/h5,7,14H,4,6,8H2,1-3H3. The molecular weight excluding hydrogens is 260 g/mol. The number of rotatable bonds is 6. The summed E-state index contributed by atoms with van der Waals surface area (Å²) in [5, 5.41) is 18.5. The van der Waals surface area contributed by atoms with E-state index in [0.717, 1.165) is 12.2 Å². The lowest BCUT2D eigenvalue weighted by molar-refractivity contribution is -0.384. The van der Waals surface area contributed by atoms with Crippen molar-refractivity contribution in [2.75, 3.05) is 5.32 Å². The van der Waals surface area contributed by atoms with Gasteiger partial charge in [-0.05, 0) is 13.3 Å². The zero-order valence-electron chi connectivity index (χ0n) is 11.8. The topological polar surface area (TPSA) is 90.8 Å². The number of imidazole rings is 1. The molecule has 0 saturated heterocycles. The van der Waals surface area contributed by atoms with E-state index in [-0.39, 0.29) is 5.69 Å². The highest BCUT2D eigenvalue weighted by atomic mass is 16.6. The fraction of sp³-hybridized carbons (Fsp3) is 0.500. The lowest BCUT2D eigenvalue weighted by Crippen LogP contribution is -2.11. The monoisotopic (exact) mass is 278 g/mol. The zero-order chi connectivity index (χ0) is 14.7. The molecule has 8 nitrogen and oxygen atoms in total. The predicted octanol–water partition coefficient (Wildman–Crippen LogP) is 1.86. The number of hydrogen-bond acceptors (Lipinski definition) is 5. The predicted molar refractivity (Wildman–Crippen MR) is 74.4 cm³/mol. The number of hydrogen-bond donors (Lipinski definition) is 1. The van der Waals surface area contributed by atoms with Crippen molar-refractivity contribution in [1.29, 1.82) is 0 Å². The molecule has 0 aliphatic rings. The van der Waals surface area contributed by atoms with Crippen LogP contribution in [0.15, 0.2) is 12.4 Å². The Hall–Kier alpha value is -2.38. The highest BCUT2D eigenvalue weighted by Gasteiger charge is 2.25. The van der Waals surface area contributed by atoms with Gasteiger partial charge in [0.25, 0.3) is 0 Å². The third-order valence-electron chi connectivity index (χ3n) is 3.05. The fourth-order valence-corrected chi connectivity index (χ4v) is 2.07. The molecule has 108 valence electrons. The molecule has 0 unspecified atom stereocenters. The van der Waals surface area contributed by atoms with E-state index in [9.17, 15) is 10.1 Å². The van der Waals surface area contributed by atoms with Gasteiger partial charge < -0.3 is 9.88 Å². The summed E-state index contributed by atoms with van der Waals surface area (Å²) in [4.78, 5) is 15.0. The van der Waals surface area contributed by atoms with Crippen LogP contribution in [-0.2, 0) is 20.1 Å². The molecule has 2 aromatic heterocycles. The molecule has 0 aliphatic heterocycles. The summed E-state index contributed by atoms with van der Waals surface area (Å²) < 4.78 is 3.52. The Kier molecular flexibility index (Phi) is 4.02. The maximum atomic E-state index is 11.2. The van der Waals surface area contributed by atoms with Gasteiger partial charge >= 0.3 is 5.69 Å². The highest BCUT2D eigenvalue weighted by molar-refractivity contribution is 5.59. The molecule has 2 aromatic rings. The average molecular weight is 278 g/mol. The molecule has 0 spiro atoms. The lowest BCUT2D eigenvalue weighted by Gasteiger charge is -2.08. The van der Waals surface area contributed by atoms with Crippen LogP contribution in [0.2, 0.25) is 0 Å². The number of nitro groups is 1. The van der Waals surface area contributed by atoms with Crippen LogP contribution in [0.3, 0.4) is 0 Å². The summed E-state index contributed by atoms with van der Waals surface area (Å²) in [6, 6.07) is 0. The summed E-state index contributed by atoms with van der Waals surface area (Å²) in [6.07, 6.45) is 4.38. The van der Waals surface area contributed by atoms with Crippen LogP contribution in [0, 0.1) is 17.0 Å². The molecule has 0 aromatic carbocycles. The SMILES string of the molecule is CCCn1nc(C)c([N+](=O)[O-])c1NCc1nccn1C. The van der Waals surface area contributed by atoms with Crippen molar-refractivity contribution in [2.45, 2.75) is 33.4 Å². The second-order valence-electron chi connectivity index (χ2n) is 4.57. The van der Waals surface area contributed by atoms with E-state index in [0.29, 0.717) is 24.6 Å². The van der Waals surface area contributed by atoms with Crippen molar-refractivity contribution in [3.63, 3.8) is 0 Å². The normalized spacial score (nSPS) is 10.8. The molecule has 1 N–H and O–H groups in total. The Morgan fingerprint density at radius 3 is 2.80 bits per heavy atom. The molecule has 2 rings (SSSR count). The van der Waals surface area contributed by atoms with E-state index in [1.165, 1.54) is 0 Å². The maximum Gasteiger partial charge on any atom is 0.333 e. The van der Waals surface area contributed by atoms with Gasteiger partial charge in [0.15, 0.2) is 0 Å². The van der Waals surface area contributed by atoms with Gasteiger partial charge in [-0.2, -0.15) is 5.10 Å². The Morgan fingerprint density at radius 2 is 2.25 bits per heavy atom. The maximum absolute atomic E-state index is 11.2. The summed E-state index contributed by atoms with van der Waals surface area (Å²) in [5.74, 6) is 1.25. The van der Waals surface area contributed by atoms with Crippen LogP contribution in [0.4, 0.5) is 11.5 Å². The van der Waals surface area contributed by atoms with Gasteiger partial charge in [0, 0.05) is 26.0 Å². The zero-order valence-corrected chi connectivity index (χ0v) is 11.8. The second-order valence-corrected chi connectivity index (χ2v) is 4.57. The number of nitrogens with zero attached hydrogens (tertiary/aromatic N) is 5. The van der Waals surface area contributed by atoms with E-state index in [1.807, 2.05) is 24.7 Å². The van der Waals surface area contributed by atoms with E-state index < -0.39 is 4.92 Å². The van der Waals surface area contributed by atoms with Gasteiger partial charge in [0.1, 0.15) is 11.5 Å². The third kappa shape index (κ3) is 2.63. The van der Waals surface area contributed by atoms with Crippen LogP contribution in [-0.4, -0.2) is 24.3 Å². The first-order valence-corrected chi connectivity index (χ1v) is 6.46. The van der Waals surface area contributed by atoms with Gasteiger partial charge in [-0.15, -0.1) is 0 Å². The molecule has 0 atom stereocenters. The minimum Gasteiger partial charge on any atom is -0.357 e. The van der Waals surface area contributed by atoms with E-state index in [1.54, 1.807) is 17.8 Å². The molecular formula is C12H18N6O2. The molecule has 20 heavy (non-hydrogen) atoms. The van der Waals surface area contributed by atoms with E-state index in [2.05, 4.69) is 15.4 Å². The Labute approximate surface area is 116 Å². The van der Waals surface area contributed by atoms with Crippen molar-refractivity contribution < 1.29 is 4.92 Å². The number of aromatic nitrogens is 4. The Bertz CT molecular complexity index is 615. The van der Waals surface area contributed by atoms with Crippen molar-refractivity contribution in [3.05, 3.63) is 34.0 Å². The van der Waals surface area contributed by atoms with Crippen molar-refractivity contribution in [2.24, 2.45) is 7.05 Å². The quantitative estimate of drug-likeness (QED) is 0.643. The minimum absolute atomic E-state index is 0.0349. The second kappa shape index (κ2) is 5.72. The van der Waals surface area contributed by atoms with E-state index >= 15 is 0 Å². The molecule has 2 heterocycles. The number of aryl methyl sites for hydroxylation is 3. The minimum atomic E-state index is -0.394. The van der Waals surface area contributed by atoms with Crippen molar-refractivity contribution in [3.8, 4) is 0 Å². The van der Waals surface area contributed by atoms with Crippen LogP contribution in [0.5, 0.6) is 0 Å². The van der Waals surface area contributed by atoms with Gasteiger partial charge in [-0.1, -0.05) is 6.92 Å². The van der Waals surface area contributed by atoms with Gasteiger partial charge in [0.2, 0.25) is 5.82 Å². The van der Waals surface area contributed by atoms with Gasteiger partial charge in [-0.3, -0.25) is 10.1 Å². The molecule has 0 saturated carbocycles. The van der Waals surface area contributed by atoms with Crippen LogP contribution in [0.1, 0.15) is 24.9 Å². The summed E-state index contributed by atoms with van der Waals surface area (Å²) in [5.41, 5.74) is 0.457. The molecule has 0 bridgehead atoms. The first-order valence-electron chi connectivity index (χ1n) is 6.46. The molecule has 8 heteroatoms. The van der Waals surface area contributed by atoms with Crippen LogP contribution >= 0.6 is 0 Å². The smallest absolute Gasteiger partial charge is 0.333 e. The lowest BCUT2D eigenvalue weighted by atomic mass is 10.3. The summed E-state index contributed by atoms with van der Waals surface area (Å²) in [7, 11) is 1.88. The molecule has 0 fully saturated rings. The van der Waals surface area contributed by atoms with Crippen molar-refractivity contribution >= 4 is 11.5 Å². The number of nitrogens with one attached hydrogen (secondary N) is 1.